The second kappa shape index (κ2) is 4.12. The monoisotopic (exact) mass is 166 g/mol. The topological polar surface area (TPSA) is 29.5 Å². The van der Waals surface area contributed by atoms with Crippen LogP contribution in [-0.2, 0) is 6.61 Å². The van der Waals surface area contributed by atoms with Crippen LogP contribution in [0.3, 0.4) is 0 Å². The summed E-state index contributed by atoms with van der Waals surface area (Å²) in [6.07, 6.45) is 0. The second-order valence-electron chi connectivity index (χ2n) is 2.64. The molecule has 1 aromatic carbocycles. The fourth-order valence-electron chi connectivity index (χ4n) is 1.17. The van der Waals surface area contributed by atoms with E-state index in [1.165, 1.54) is 0 Å². The van der Waals surface area contributed by atoms with Crippen LogP contribution < -0.4 is 4.74 Å². The molecule has 0 saturated carbocycles. The van der Waals surface area contributed by atoms with Gasteiger partial charge in [0.05, 0.1) is 13.2 Å². The van der Waals surface area contributed by atoms with Crippen LogP contribution in [0, 0.1) is 6.92 Å². The van der Waals surface area contributed by atoms with Gasteiger partial charge in [0.25, 0.3) is 0 Å². The summed E-state index contributed by atoms with van der Waals surface area (Å²) in [5.74, 6) is 0.792. The summed E-state index contributed by atoms with van der Waals surface area (Å²) >= 11 is 0. The van der Waals surface area contributed by atoms with Gasteiger partial charge in [0, 0.05) is 5.56 Å². The van der Waals surface area contributed by atoms with Crippen molar-refractivity contribution in [3.05, 3.63) is 29.3 Å². The first kappa shape index (κ1) is 9.07. The van der Waals surface area contributed by atoms with E-state index in [0.29, 0.717) is 6.61 Å². The van der Waals surface area contributed by atoms with E-state index in [9.17, 15) is 0 Å². The lowest BCUT2D eigenvalue weighted by Gasteiger charge is -2.09. The SMILES string of the molecule is CCOc1cccc(C)c1CO. The molecule has 2 heteroatoms. The number of aliphatic hydroxyl groups excluding tert-OH is 1. The Morgan fingerprint density at radius 3 is 2.75 bits per heavy atom. The van der Waals surface area contributed by atoms with Crippen molar-refractivity contribution < 1.29 is 9.84 Å². The van der Waals surface area contributed by atoms with Crippen molar-refractivity contribution in [1.29, 1.82) is 0 Å². The van der Waals surface area contributed by atoms with Gasteiger partial charge in [-0.15, -0.1) is 0 Å². The zero-order chi connectivity index (χ0) is 8.97. The number of rotatable bonds is 3. The summed E-state index contributed by atoms with van der Waals surface area (Å²) in [6, 6.07) is 5.77. The van der Waals surface area contributed by atoms with Crippen LogP contribution in [0.5, 0.6) is 5.75 Å². The highest BCUT2D eigenvalue weighted by Crippen LogP contribution is 2.21. The normalized spacial score (nSPS) is 9.92. The summed E-state index contributed by atoms with van der Waals surface area (Å²) in [6.45, 7) is 4.58. The van der Waals surface area contributed by atoms with Crippen LogP contribution in [0.2, 0.25) is 0 Å². The zero-order valence-corrected chi connectivity index (χ0v) is 7.50. The van der Waals surface area contributed by atoms with Gasteiger partial charge in [-0.3, -0.25) is 0 Å². The van der Waals surface area contributed by atoms with Gasteiger partial charge in [-0.1, -0.05) is 12.1 Å². The third kappa shape index (κ3) is 1.77. The van der Waals surface area contributed by atoms with Crippen LogP contribution in [0.1, 0.15) is 18.1 Å². The van der Waals surface area contributed by atoms with Crippen molar-refractivity contribution in [2.24, 2.45) is 0 Å². The molecule has 0 aliphatic rings. The second-order valence-corrected chi connectivity index (χ2v) is 2.64. The molecule has 1 aromatic rings. The van der Waals surface area contributed by atoms with Gasteiger partial charge in [-0.25, -0.2) is 0 Å². The molecule has 0 unspecified atom stereocenters. The van der Waals surface area contributed by atoms with Crippen molar-refractivity contribution in [3.63, 3.8) is 0 Å². The van der Waals surface area contributed by atoms with Crippen molar-refractivity contribution in [2.45, 2.75) is 20.5 Å². The third-order valence-corrected chi connectivity index (χ3v) is 1.83. The minimum Gasteiger partial charge on any atom is -0.493 e. The molecule has 0 aliphatic carbocycles. The van der Waals surface area contributed by atoms with Crippen LogP contribution in [0.25, 0.3) is 0 Å². The fourth-order valence-corrected chi connectivity index (χ4v) is 1.17. The number of benzene rings is 1. The minimum atomic E-state index is 0.0437. The Morgan fingerprint density at radius 2 is 2.17 bits per heavy atom. The molecule has 0 aliphatic heterocycles. The molecule has 0 amide bonds. The minimum absolute atomic E-state index is 0.0437. The van der Waals surface area contributed by atoms with Crippen molar-refractivity contribution in [3.8, 4) is 5.75 Å². The average Bonchev–Trinajstić information content (AvgIpc) is 2.05. The Bertz CT molecular complexity index is 256. The quantitative estimate of drug-likeness (QED) is 0.743. The van der Waals surface area contributed by atoms with Gasteiger partial charge < -0.3 is 9.84 Å². The molecule has 0 atom stereocenters. The largest absolute Gasteiger partial charge is 0.493 e. The highest BCUT2D eigenvalue weighted by molar-refractivity contribution is 5.38. The van der Waals surface area contributed by atoms with Crippen LogP contribution in [-0.4, -0.2) is 11.7 Å². The van der Waals surface area contributed by atoms with E-state index in [1.54, 1.807) is 0 Å². The van der Waals surface area contributed by atoms with Gasteiger partial charge in [-0.2, -0.15) is 0 Å². The molecule has 12 heavy (non-hydrogen) atoms. The third-order valence-electron chi connectivity index (χ3n) is 1.83. The summed E-state index contributed by atoms with van der Waals surface area (Å²) in [4.78, 5) is 0. The number of hydrogen-bond acceptors (Lipinski definition) is 2. The van der Waals surface area contributed by atoms with Gasteiger partial charge in [0.2, 0.25) is 0 Å². The molecule has 66 valence electrons. The predicted octanol–water partition coefficient (Wildman–Crippen LogP) is 1.89. The van der Waals surface area contributed by atoms with Gasteiger partial charge in [0.15, 0.2) is 0 Å². The van der Waals surface area contributed by atoms with Gasteiger partial charge >= 0.3 is 0 Å². The molecule has 0 fully saturated rings. The molecule has 0 heterocycles. The molecule has 2 nitrogen and oxygen atoms in total. The Balaban J connectivity index is 3.00. The maximum Gasteiger partial charge on any atom is 0.125 e. The molecule has 1 N–H and O–H groups in total. The lowest BCUT2D eigenvalue weighted by atomic mass is 10.1. The Kier molecular flexibility index (Phi) is 3.11. The van der Waals surface area contributed by atoms with Crippen LogP contribution in [0.15, 0.2) is 18.2 Å². The number of hydrogen-bond donors (Lipinski definition) is 1. The van der Waals surface area contributed by atoms with E-state index in [2.05, 4.69) is 0 Å². The first-order valence-electron chi connectivity index (χ1n) is 4.11. The molecule has 0 bridgehead atoms. The summed E-state index contributed by atoms with van der Waals surface area (Å²) in [5.41, 5.74) is 1.96. The Morgan fingerprint density at radius 1 is 1.42 bits per heavy atom. The summed E-state index contributed by atoms with van der Waals surface area (Å²) in [7, 11) is 0. The summed E-state index contributed by atoms with van der Waals surface area (Å²) in [5, 5.41) is 9.05. The van der Waals surface area contributed by atoms with Crippen molar-refractivity contribution in [2.75, 3.05) is 6.61 Å². The van der Waals surface area contributed by atoms with E-state index < -0.39 is 0 Å². The standard InChI is InChI=1S/C10H14O2/c1-3-12-10-6-4-5-8(2)9(10)7-11/h4-6,11H,3,7H2,1-2H3. The molecule has 0 aromatic heterocycles. The summed E-state index contributed by atoms with van der Waals surface area (Å²) < 4.78 is 5.35. The van der Waals surface area contributed by atoms with Crippen LogP contribution >= 0.6 is 0 Å². The molecule has 0 saturated heterocycles. The number of ether oxygens (including phenoxy) is 1. The number of aliphatic hydroxyl groups is 1. The Labute approximate surface area is 72.8 Å². The van der Waals surface area contributed by atoms with E-state index in [-0.39, 0.29) is 6.61 Å². The highest BCUT2D eigenvalue weighted by atomic mass is 16.5. The predicted molar refractivity (Wildman–Crippen MR) is 48.3 cm³/mol. The first-order valence-corrected chi connectivity index (χ1v) is 4.11. The van der Waals surface area contributed by atoms with Gasteiger partial charge in [0.1, 0.15) is 5.75 Å². The van der Waals surface area contributed by atoms with E-state index >= 15 is 0 Å². The molecule has 1 rings (SSSR count). The molecule has 0 spiro atoms. The molecular weight excluding hydrogens is 152 g/mol. The maximum absolute atomic E-state index is 9.05. The first-order chi connectivity index (χ1) is 5.79. The average molecular weight is 166 g/mol. The van der Waals surface area contributed by atoms with Crippen molar-refractivity contribution in [1.82, 2.24) is 0 Å². The highest BCUT2D eigenvalue weighted by Gasteiger charge is 2.03. The fraction of sp³-hybridized carbons (Fsp3) is 0.400. The molecule has 0 radical (unpaired) electrons. The smallest absolute Gasteiger partial charge is 0.125 e. The molecular formula is C10H14O2. The van der Waals surface area contributed by atoms with E-state index in [1.807, 2.05) is 32.0 Å². The van der Waals surface area contributed by atoms with E-state index in [0.717, 1.165) is 16.9 Å². The number of aryl methyl sites for hydroxylation is 1. The zero-order valence-electron chi connectivity index (χ0n) is 7.50. The van der Waals surface area contributed by atoms with Gasteiger partial charge in [-0.05, 0) is 25.5 Å². The maximum atomic E-state index is 9.05. The van der Waals surface area contributed by atoms with Crippen LogP contribution in [0.4, 0.5) is 0 Å². The van der Waals surface area contributed by atoms with E-state index in [4.69, 9.17) is 9.84 Å². The Hall–Kier alpha value is -1.02. The lowest BCUT2D eigenvalue weighted by molar-refractivity contribution is 0.266. The van der Waals surface area contributed by atoms with Crippen molar-refractivity contribution >= 4 is 0 Å². The lowest BCUT2D eigenvalue weighted by Crippen LogP contribution is -1.98.